The normalized spacial score (nSPS) is 16.8. The summed E-state index contributed by atoms with van der Waals surface area (Å²) >= 11 is 0. The number of hydrogen-bond donors (Lipinski definition) is 1. The lowest BCUT2D eigenvalue weighted by molar-refractivity contribution is -0.143. The van der Waals surface area contributed by atoms with Crippen molar-refractivity contribution in [3.63, 3.8) is 0 Å². The summed E-state index contributed by atoms with van der Waals surface area (Å²) in [6, 6.07) is 5.56. The first-order valence-corrected chi connectivity index (χ1v) is 7.15. The van der Waals surface area contributed by atoms with Gasteiger partial charge in [0.05, 0.1) is 13.7 Å². The Hall–Kier alpha value is -1.75. The van der Waals surface area contributed by atoms with Gasteiger partial charge in [0.1, 0.15) is 11.6 Å². The zero-order valence-electron chi connectivity index (χ0n) is 13.1. The standard InChI is InChI=1S/C16H23NO4/c1-16(2)10-11-6-5-7-13(14(11)21-16)20-9-8-12(17-3)15(18)19-4/h5-7,12,17H,8-10H2,1-4H3. The molecule has 5 heteroatoms. The van der Waals surface area contributed by atoms with E-state index in [1.54, 1.807) is 7.05 Å². The molecule has 1 aromatic rings. The average Bonchev–Trinajstić information content (AvgIpc) is 2.77. The molecule has 0 fully saturated rings. The zero-order chi connectivity index (χ0) is 15.5. The molecule has 21 heavy (non-hydrogen) atoms. The van der Waals surface area contributed by atoms with Crippen molar-refractivity contribution in [2.24, 2.45) is 0 Å². The molecule has 0 spiro atoms. The number of nitrogens with one attached hydrogen (secondary N) is 1. The van der Waals surface area contributed by atoms with Crippen molar-refractivity contribution < 1.29 is 19.0 Å². The second-order valence-electron chi connectivity index (χ2n) is 5.78. The number of carbonyl (C=O) groups is 1. The molecule has 0 aliphatic carbocycles. The van der Waals surface area contributed by atoms with Crippen LogP contribution in [0, 0.1) is 0 Å². The van der Waals surface area contributed by atoms with Crippen molar-refractivity contribution in [2.45, 2.75) is 38.3 Å². The van der Waals surface area contributed by atoms with Crippen LogP contribution in [0.5, 0.6) is 11.5 Å². The largest absolute Gasteiger partial charge is 0.490 e. The van der Waals surface area contributed by atoms with Crippen LogP contribution in [0.15, 0.2) is 18.2 Å². The van der Waals surface area contributed by atoms with Gasteiger partial charge in [0, 0.05) is 18.4 Å². The lowest BCUT2D eigenvalue weighted by atomic mass is 10.0. The molecule has 1 unspecified atom stereocenters. The lowest BCUT2D eigenvalue weighted by Crippen LogP contribution is -2.36. The Morgan fingerprint density at radius 1 is 1.48 bits per heavy atom. The van der Waals surface area contributed by atoms with Gasteiger partial charge in [-0.3, -0.25) is 4.79 Å². The number of benzene rings is 1. The molecule has 1 atom stereocenters. The lowest BCUT2D eigenvalue weighted by Gasteiger charge is -2.19. The second kappa shape index (κ2) is 6.35. The Labute approximate surface area is 125 Å². The molecule has 0 bridgehead atoms. The number of fused-ring (bicyclic) bond motifs is 1. The van der Waals surface area contributed by atoms with Gasteiger partial charge < -0.3 is 19.5 Å². The number of rotatable bonds is 6. The highest BCUT2D eigenvalue weighted by Crippen LogP contribution is 2.41. The third kappa shape index (κ3) is 3.67. The Bertz CT molecular complexity index is 513. The van der Waals surface area contributed by atoms with Crippen molar-refractivity contribution >= 4 is 5.97 Å². The molecular weight excluding hydrogens is 270 g/mol. The maximum Gasteiger partial charge on any atom is 0.322 e. The summed E-state index contributed by atoms with van der Waals surface area (Å²) < 4.78 is 16.5. The van der Waals surface area contributed by atoms with Crippen molar-refractivity contribution in [1.29, 1.82) is 0 Å². The Kier molecular flexibility index (Phi) is 4.73. The quantitative estimate of drug-likeness (QED) is 0.812. The maximum absolute atomic E-state index is 11.5. The highest BCUT2D eigenvalue weighted by atomic mass is 16.5. The number of likely N-dealkylation sites (N-methyl/N-ethyl adjacent to an activating group) is 1. The highest BCUT2D eigenvalue weighted by molar-refractivity contribution is 5.75. The van der Waals surface area contributed by atoms with Crippen LogP contribution in [0.4, 0.5) is 0 Å². The first-order chi connectivity index (χ1) is 9.96. The molecule has 0 aromatic heterocycles. The maximum atomic E-state index is 11.5. The SMILES string of the molecule is CNC(CCOc1cccc2c1OC(C)(C)C2)C(=O)OC. The van der Waals surface area contributed by atoms with Gasteiger partial charge in [-0.2, -0.15) is 0 Å². The minimum atomic E-state index is -0.357. The molecule has 0 saturated heterocycles. The number of ether oxygens (including phenoxy) is 3. The van der Waals surface area contributed by atoms with Gasteiger partial charge in [-0.15, -0.1) is 0 Å². The number of esters is 1. The molecule has 1 aliphatic heterocycles. The van der Waals surface area contributed by atoms with E-state index >= 15 is 0 Å². The van der Waals surface area contributed by atoms with E-state index in [4.69, 9.17) is 14.2 Å². The third-order valence-corrected chi connectivity index (χ3v) is 3.55. The van der Waals surface area contributed by atoms with Crippen LogP contribution in [-0.2, 0) is 16.0 Å². The first-order valence-electron chi connectivity index (χ1n) is 7.15. The van der Waals surface area contributed by atoms with Crippen LogP contribution in [0.25, 0.3) is 0 Å². The van der Waals surface area contributed by atoms with E-state index < -0.39 is 0 Å². The Balaban J connectivity index is 1.97. The summed E-state index contributed by atoms with van der Waals surface area (Å²) in [4.78, 5) is 11.5. The number of para-hydroxylation sites is 1. The first kappa shape index (κ1) is 15.6. The van der Waals surface area contributed by atoms with E-state index in [9.17, 15) is 4.79 Å². The summed E-state index contributed by atoms with van der Waals surface area (Å²) in [5, 5.41) is 2.92. The van der Waals surface area contributed by atoms with Crippen LogP contribution in [0.3, 0.4) is 0 Å². The van der Waals surface area contributed by atoms with E-state index in [0.29, 0.717) is 13.0 Å². The predicted molar refractivity (Wildman–Crippen MR) is 79.8 cm³/mol. The fraction of sp³-hybridized carbons (Fsp3) is 0.562. The van der Waals surface area contributed by atoms with Crippen LogP contribution < -0.4 is 14.8 Å². The van der Waals surface area contributed by atoms with E-state index in [0.717, 1.165) is 23.5 Å². The molecule has 1 heterocycles. The van der Waals surface area contributed by atoms with E-state index in [1.807, 2.05) is 12.1 Å². The Morgan fingerprint density at radius 2 is 2.24 bits per heavy atom. The van der Waals surface area contributed by atoms with E-state index in [-0.39, 0.29) is 17.6 Å². The van der Waals surface area contributed by atoms with Crippen LogP contribution in [0.1, 0.15) is 25.8 Å². The fourth-order valence-corrected chi connectivity index (χ4v) is 2.51. The molecule has 0 saturated carbocycles. The monoisotopic (exact) mass is 293 g/mol. The van der Waals surface area contributed by atoms with Crippen molar-refractivity contribution in [3.8, 4) is 11.5 Å². The molecule has 0 amide bonds. The van der Waals surface area contributed by atoms with Crippen molar-refractivity contribution in [3.05, 3.63) is 23.8 Å². The van der Waals surface area contributed by atoms with Gasteiger partial charge in [0.2, 0.25) is 0 Å². The second-order valence-corrected chi connectivity index (χ2v) is 5.78. The van der Waals surface area contributed by atoms with Crippen LogP contribution >= 0.6 is 0 Å². The molecule has 116 valence electrons. The number of hydrogen-bond acceptors (Lipinski definition) is 5. The molecule has 0 radical (unpaired) electrons. The third-order valence-electron chi connectivity index (χ3n) is 3.55. The van der Waals surface area contributed by atoms with Gasteiger partial charge in [0.15, 0.2) is 11.5 Å². The predicted octanol–water partition coefficient (Wildman–Crippen LogP) is 1.93. The van der Waals surface area contributed by atoms with Crippen LogP contribution in [0.2, 0.25) is 0 Å². The molecule has 1 aliphatic rings. The summed E-state index contributed by atoms with van der Waals surface area (Å²) in [7, 11) is 3.11. The smallest absolute Gasteiger partial charge is 0.322 e. The minimum Gasteiger partial charge on any atom is -0.490 e. The van der Waals surface area contributed by atoms with Crippen molar-refractivity contribution in [2.75, 3.05) is 20.8 Å². The molecular formula is C16H23NO4. The summed E-state index contributed by atoms with van der Waals surface area (Å²) in [5.74, 6) is 1.27. The molecule has 5 nitrogen and oxygen atoms in total. The highest BCUT2D eigenvalue weighted by Gasteiger charge is 2.32. The van der Waals surface area contributed by atoms with Crippen molar-refractivity contribution in [1.82, 2.24) is 5.32 Å². The topological polar surface area (TPSA) is 56.8 Å². The fourth-order valence-electron chi connectivity index (χ4n) is 2.51. The van der Waals surface area contributed by atoms with Gasteiger partial charge in [0.25, 0.3) is 0 Å². The van der Waals surface area contributed by atoms with E-state index in [1.165, 1.54) is 7.11 Å². The summed E-state index contributed by atoms with van der Waals surface area (Å²) in [5.41, 5.74) is 0.969. The molecule has 2 rings (SSSR count). The Morgan fingerprint density at radius 3 is 2.90 bits per heavy atom. The van der Waals surface area contributed by atoms with E-state index in [2.05, 4.69) is 25.2 Å². The van der Waals surface area contributed by atoms with Crippen LogP contribution in [-0.4, -0.2) is 38.4 Å². The number of methoxy groups -OCH3 is 1. The number of carbonyl (C=O) groups excluding carboxylic acids is 1. The van der Waals surface area contributed by atoms with Gasteiger partial charge in [-0.25, -0.2) is 0 Å². The van der Waals surface area contributed by atoms with Gasteiger partial charge in [-0.05, 0) is 27.0 Å². The summed E-state index contributed by atoms with van der Waals surface area (Å²) in [6.07, 6.45) is 1.41. The zero-order valence-corrected chi connectivity index (χ0v) is 13.1. The minimum absolute atomic E-state index is 0.193. The summed E-state index contributed by atoms with van der Waals surface area (Å²) in [6.45, 7) is 4.54. The van der Waals surface area contributed by atoms with Gasteiger partial charge in [-0.1, -0.05) is 12.1 Å². The van der Waals surface area contributed by atoms with Gasteiger partial charge >= 0.3 is 5.97 Å². The molecule has 1 N–H and O–H groups in total. The molecule has 1 aromatic carbocycles. The average molecular weight is 293 g/mol.